The van der Waals surface area contributed by atoms with Gasteiger partial charge >= 0.3 is 5.79 Å². The molecule has 0 radical (unpaired) electrons. The predicted octanol–water partition coefficient (Wildman–Crippen LogP) is 1.98. The fourth-order valence-electron chi connectivity index (χ4n) is 3.54. The van der Waals surface area contributed by atoms with Gasteiger partial charge in [-0.3, -0.25) is 40.5 Å². The van der Waals surface area contributed by atoms with Crippen molar-refractivity contribution < 1.29 is 19.7 Å². The van der Waals surface area contributed by atoms with Crippen molar-refractivity contribution in [2.75, 3.05) is 0 Å². The number of hydrogen-bond acceptors (Lipinski definition) is 8. The van der Waals surface area contributed by atoms with Gasteiger partial charge in [-0.1, -0.05) is 48.5 Å². The van der Waals surface area contributed by atoms with E-state index in [1.807, 2.05) is 0 Å². The first kappa shape index (κ1) is 17.8. The SMILES string of the molecule is O=[N+]([O-])C1c2ccccc2C(C([N+](=O)[O-])([N+](=O)[O-])[N+](=O)[O-])c2ccccc21. The van der Waals surface area contributed by atoms with Crippen LogP contribution in [0.3, 0.4) is 0 Å². The highest BCUT2D eigenvalue weighted by Gasteiger charge is 2.78. The van der Waals surface area contributed by atoms with Crippen LogP contribution < -0.4 is 0 Å². The largest absolute Gasteiger partial charge is 0.710 e. The highest BCUT2D eigenvalue weighted by atomic mass is 16.7. The van der Waals surface area contributed by atoms with Crippen molar-refractivity contribution in [1.29, 1.82) is 0 Å². The average molecular weight is 374 g/mol. The third-order valence-corrected chi connectivity index (χ3v) is 4.61. The third-order valence-electron chi connectivity index (χ3n) is 4.61. The lowest BCUT2D eigenvalue weighted by Gasteiger charge is -2.29. The first-order valence-corrected chi connectivity index (χ1v) is 7.49. The Kier molecular flexibility index (Phi) is 4.02. The van der Waals surface area contributed by atoms with Crippen LogP contribution in [-0.2, 0) is 0 Å². The maximum Gasteiger partial charge on any atom is 0.710 e. The van der Waals surface area contributed by atoms with Gasteiger partial charge in [-0.2, -0.15) is 0 Å². The summed E-state index contributed by atoms with van der Waals surface area (Å²) < 4.78 is 0. The summed E-state index contributed by atoms with van der Waals surface area (Å²) in [6.07, 6.45) is 0. The quantitative estimate of drug-likeness (QED) is 0.434. The standard InChI is InChI=1S/C15H10N4O8/c20-16(21)14-11-7-3-1-5-9(11)13(10-6-2-4-8-12(10)14)15(17(22)23,18(24)25)19(26)27/h1-8,13-14H. The average Bonchev–Trinajstić information content (AvgIpc) is 2.60. The second-order valence-electron chi connectivity index (χ2n) is 5.84. The topological polar surface area (TPSA) is 173 Å². The Bertz CT molecular complexity index is 908. The van der Waals surface area contributed by atoms with Gasteiger partial charge in [0.1, 0.15) is 0 Å². The first-order chi connectivity index (χ1) is 12.7. The number of benzene rings is 2. The van der Waals surface area contributed by atoms with Gasteiger partial charge in [0.25, 0.3) is 6.04 Å². The Morgan fingerprint density at radius 2 is 0.963 bits per heavy atom. The van der Waals surface area contributed by atoms with Gasteiger partial charge in [0.05, 0.1) is 0 Å². The van der Waals surface area contributed by atoms with E-state index in [0.29, 0.717) is 0 Å². The van der Waals surface area contributed by atoms with Crippen LogP contribution in [0.25, 0.3) is 0 Å². The van der Waals surface area contributed by atoms with Gasteiger partial charge in [-0.25, -0.2) is 0 Å². The molecule has 0 aliphatic heterocycles. The molecule has 0 atom stereocenters. The summed E-state index contributed by atoms with van der Waals surface area (Å²) in [6, 6.07) is 9.11. The van der Waals surface area contributed by atoms with Crippen molar-refractivity contribution in [3.05, 3.63) is 111 Å². The normalized spacial score (nSPS) is 18.1. The zero-order valence-corrected chi connectivity index (χ0v) is 13.3. The molecule has 0 saturated heterocycles. The number of nitrogens with zero attached hydrogens (tertiary/aromatic N) is 4. The molecule has 0 bridgehead atoms. The Balaban J connectivity index is 2.46. The molecule has 0 N–H and O–H groups in total. The van der Waals surface area contributed by atoms with E-state index in [2.05, 4.69) is 0 Å². The van der Waals surface area contributed by atoms with Gasteiger partial charge in [0.15, 0.2) is 14.8 Å². The van der Waals surface area contributed by atoms with E-state index in [9.17, 15) is 40.5 Å². The van der Waals surface area contributed by atoms with E-state index in [1.54, 1.807) is 0 Å². The van der Waals surface area contributed by atoms with Crippen molar-refractivity contribution in [2.24, 2.45) is 0 Å². The van der Waals surface area contributed by atoms with E-state index >= 15 is 0 Å². The molecule has 0 spiro atoms. The van der Waals surface area contributed by atoms with Crippen LogP contribution in [0.5, 0.6) is 0 Å². The molecular formula is C15H10N4O8. The van der Waals surface area contributed by atoms with Gasteiger partial charge in [0.2, 0.25) is 5.92 Å². The molecular weight excluding hydrogens is 364 g/mol. The monoisotopic (exact) mass is 374 g/mol. The Morgan fingerprint density at radius 1 is 0.630 bits per heavy atom. The minimum absolute atomic E-state index is 0.0545. The van der Waals surface area contributed by atoms with Crippen LogP contribution in [0.4, 0.5) is 0 Å². The molecule has 0 heterocycles. The fraction of sp³-hybridized carbons (Fsp3) is 0.200. The molecule has 0 amide bonds. The van der Waals surface area contributed by atoms with Crippen LogP contribution in [0, 0.1) is 40.5 Å². The second kappa shape index (κ2) is 6.09. The van der Waals surface area contributed by atoms with Crippen molar-refractivity contribution >= 4 is 0 Å². The summed E-state index contributed by atoms with van der Waals surface area (Å²) in [7, 11) is 0. The minimum atomic E-state index is -3.83. The van der Waals surface area contributed by atoms with Crippen LogP contribution in [-0.4, -0.2) is 25.5 Å². The first-order valence-electron chi connectivity index (χ1n) is 7.49. The molecule has 1 aliphatic carbocycles. The molecule has 27 heavy (non-hydrogen) atoms. The summed E-state index contributed by atoms with van der Waals surface area (Å²) in [5, 5.41) is 46.5. The minimum Gasteiger partial charge on any atom is -0.264 e. The van der Waals surface area contributed by atoms with Crippen molar-refractivity contribution in [3.63, 3.8) is 0 Å². The fourth-order valence-corrected chi connectivity index (χ4v) is 3.54. The number of rotatable bonds is 5. The number of fused-ring (bicyclic) bond motifs is 2. The molecule has 3 rings (SSSR count). The van der Waals surface area contributed by atoms with Gasteiger partial charge < -0.3 is 0 Å². The lowest BCUT2D eigenvalue weighted by molar-refractivity contribution is -0.972. The summed E-state index contributed by atoms with van der Waals surface area (Å²) >= 11 is 0. The third kappa shape index (κ3) is 2.30. The Labute approximate surface area is 149 Å². The number of hydrogen-bond donors (Lipinski definition) is 0. The molecule has 0 saturated carbocycles. The summed E-state index contributed by atoms with van der Waals surface area (Å²) in [4.78, 5) is 41.2. The Morgan fingerprint density at radius 3 is 1.26 bits per heavy atom. The zero-order chi connectivity index (χ0) is 19.9. The van der Waals surface area contributed by atoms with Crippen molar-refractivity contribution in [1.82, 2.24) is 0 Å². The second-order valence-corrected chi connectivity index (χ2v) is 5.84. The van der Waals surface area contributed by atoms with Crippen molar-refractivity contribution in [2.45, 2.75) is 17.7 Å². The maximum absolute atomic E-state index is 11.6. The molecule has 2 aromatic rings. The molecule has 12 nitrogen and oxygen atoms in total. The predicted molar refractivity (Wildman–Crippen MR) is 87.3 cm³/mol. The van der Waals surface area contributed by atoms with E-state index in [1.165, 1.54) is 48.5 Å². The summed E-state index contributed by atoms with van der Waals surface area (Å²) in [6.45, 7) is 0. The van der Waals surface area contributed by atoms with E-state index in [-0.39, 0.29) is 22.3 Å². The van der Waals surface area contributed by atoms with Crippen LogP contribution >= 0.6 is 0 Å². The maximum atomic E-state index is 11.6. The number of nitro groups is 4. The highest BCUT2D eigenvalue weighted by molar-refractivity contribution is 5.52. The van der Waals surface area contributed by atoms with E-state index < -0.39 is 37.4 Å². The van der Waals surface area contributed by atoms with Crippen LogP contribution in [0.15, 0.2) is 48.5 Å². The Hall–Kier alpha value is -3.96. The van der Waals surface area contributed by atoms with E-state index in [4.69, 9.17) is 0 Å². The molecule has 2 aromatic carbocycles. The molecule has 0 unspecified atom stereocenters. The molecule has 138 valence electrons. The molecule has 12 heteroatoms. The highest BCUT2D eigenvalue weighted by Crippen LogP contribution is 2.49. The van der Waals surface area contributed by atoms with Crippen LogP contribution in [0.1, 0.15) is 34.2 Å². The zero-order valence-electron chi connectivity index (χ0n) is 13.3. The van der Waals surface area contributed by atoms with E-state index in [0.717, 1.165) is 0 Å². The molecule has 0 aromatic heterocycles. The van der Waals surface area contributed by atoms with Gasteiger partial charge in [0, 0.05) is 16.1 Å². The van der Waals surface area contributed by atoms with Crippen molar-refractivity contribution in [3.8, 4) is 0 Å². The van der Waals surface area contributed by atoms with Crippen LogP contribution in [0.2, 0.25) is 0 Å². The van der Waals surface area contributed by atoms with Gasteiger partial charge in [-0.05, 0) is 11.1 Å². The molecule has 0 fully saturated rings. The lowest BCUT2D eigenvalue weighted by atomic mass is 9.72. The summed E-state index contributed by atoms with van der Waals surface area (Å²) in [5.41, 5.74) is -0.492. The summed E-state index contributed by atoms with van der Waals surface area (Å²) in [5.74, 6) is -5.77. The smallest absolute Gasteiger partial charge is 0.264 e. The molecule has 1 aliphatic rings. The lowest BCUT2D eigenvalue weighted by Crippen LogP contribution is -2.58. The van der Waals surface area contributed by atoms with Gasteiger partial charge in [-0.15, -0.1) is 0 Å².